The Bertz CT molecular complexity index is 627. The van der Waals surface area contributed by atoms with E-state index in [9.17, 15) is 13.6 Å². The largest absolute Gasteiger partial charge is 0.493 e. The van der Waals surface area contributed by atoms with Gasteiger partial charge in [0.2, 0.25) is 0 Å². The fourth-order valence-corrected chi connectivity index (χ4v) is 2.40. The monoisotopic (exact) mass is 308 g/mol. The van der Waals surface area contributed by atoms with Gasteiger partial charge in [-0.15, -0.1) is 11.8 Å². The summed E-state index contributed by atoms with van der Waals surface area (Å²) in [4.78, 5) is 12.2. The lowest BCUT2D eigenvalue weighted by Crippen LogP contribution is -2.01. The van der Waals surface area contributed by atoms with Crippen molar-refractivity contribution in [1.29, 1.82) is 0 Å². The number of halogens is 2. The Hall–Kier alpha value is -1.88. The van der Waals surface area contributed by atoms with Crippen molar-refractivity contribution in [2.45, 2.75) is 11.8 Å². The van der Waals surface area contributed by atoms with E-state index in [1.807, 2.05) is 12.1 Å². The number of carbonyl (C=O) groups excluding carboxylic acids is 1. The Kier molecular flexibility index (Phi) is 5.33. The van der Waals surface area contributed by atoms with Gasteiger partial charge in [0.15, 0.2) is 17.4 Å². The van der Waals surface area contributed by atoms with Gasteiger partial charge in [0.25, 0.3) is 0 Å². The number of benzene rings is 2. The maximum Gasteiger partial charge on any atom is 0.162 e. The highest BCUT2D eigenvalue weighted by Gasteiger charge is 2.03. The van der Waals surface area contributed by atoms with Crippen LogP contribution in [0.15, 0.2) is 47.4 Å². The number of carbonyl (C=O) groups is 1. The van der Waals surface area contributed by atoms with Gasteiger partial charge >= 0.3 is 0 Å². The minimum absolute atomic E-state index is 0.0354. The molecule has 0 spiro atoms. The molecule has 0 amide bonds. The van der Waals surface area contributed by atoms with Crippen LogP contribution in [0.1, 0.15) is 17.3 Å². The molecule has 0 radical (unpaired) electrons. The topological polar surface area (TPSA) is 26.3 Å². The third-order valence-electron chi connectivity index (χ3n) is 2.77. The first-order valence-electron chi connectivity index (χ1n) is 6.38. The van der Waals surface area contributed by atoms with Crippen molar-refractivity contribution in [2.24, 2.45) is 0 Å². The van der Waals surface area contributed by atoms with Crippen LogP contribution in [0.25, 0.3) is 0 Å². The van der Waals surface area contributed by atoms with Crippen molar-refractivity contribution in [3.63, 3.8) is 0 Å². The summed E-state index contributed by atoms with van der Waals surface area (Å²) in [7, 11) is 0. The van der Waals surface area contributed by atoms with Crippen LogP contribution in [0.4, 0.5) is 8.78 Å². The quantitative estimate of drug-likeness (QED) is 0.451. The fraction of sp³-hybridized carbons (Fsp3) is 0.188. The molecule has 0 N–H and O–H groups in total. The number of hydrogen-bond donors (Lipinski definition) is 0. The summed E-state index contributed by atoms with van der Waals surface area (Å²) in [6, 6.07) is 10.8. The Labute approximate surface area is 126 Å². The molecule has 110 valence electrons. The summed E-state index contributed by atoms with van der Waals surface area (Å²) in [6.07, 6.45) is 0. The molecule has 2 nitrogen and oxygen atoms in total. The van der Waals surface area contributed by atoms with Crippen molar-refractivity contribution in [3.05, 3.63) is 59.7 Å². The van der Waals surface area contributed by atoms with E-state index in [1.54, 1.807) is 23.9 Å². The maximum atomic E-state index is 13.0. The SMILES string of the molecule is CC(=O)c1ccc(SCCOc2ccc(F)c(F)c2)cc1. The zero-order valence-corrected chi connectivity index (χ0v) is 12.3. The first-order chi connectivity index (χ1) is 10.1. The second-order valence-electron chi connectivity index (χ2n) is 4.35. The maximum absolute atomic E-state index is 13.0. The lowest BCUT2D eigenvalue weighted by atomic mass is 10.2. The molecule has 0 saturated heterocycles. The van der Waals surface area contributed by atoms with E-state index < -0.39 is 11.6 Å². The van der Waals surface area contributed by atoms with Gasteiger partial charge in [0.05, 0.1) is 6.61 Å². The van der Waals surface area contributed by atoms with Crippen LogP contribution in [0.5, 0.6) is 5.75 Å². The molecular weight excluding hydrogens is 294 g/mol. The average Bonchev–Trinajstić information content (AvgIpc) is 2.47. The van der Waals surface area contributed by atoms with Crippen LogP contribution in [0, 0.1) is 11.6 Å². The Morgan fingerprint density at radius 2 is 1.81 bits per heavy atom. The number of ketones is 1. The van der Waals surface area contributed by atoms with Gasteiger partial charge in [-0.05, 0) is 31.2 Å². The lowest BCUT2D eigenvalue weighted by molar-refractivity contribution is 0.101. The Morgan fingerprint density at radius 3 is 2.43 bits per heavy atom. The lowest BCUT2D eigenvalue weighted by Gasteiger charge is -2.06. The van der Waals surface area contributed by atoms with E-state index in [0.717, 1.165) is 17.0 Å². The van der Waals surface area contributed by atoms with Gasteiger partial charge in [-0.3, -0.25) is 4.79 Å². The summed E-state index contributed by atoms with van der Waals surface area (Å²) in [5, 5.41) is 0. The Morgan fingerprint density at radius 1 is 1.10 bits per heavy atom. The molecule has 0 aliphatic rings. The highest BCUT2D eigenvalue weighted by Crippen LogP contribution is 2.20. The van der Waals surface area contributed by atoms with Gasteiger partial charge in [-0.25, -0.2) is 8.78 Å². The molecule has 0 saturated carbocycles. The summed E-state index contributed by atoms with van der Waals surface area (Å²) in [5.74, 6) is -0.796. The summed E-state index contributed by atoms with van der Waals surface area (Å²) >= 11 is 1.56. The van der Waals surface area contributed by atoms with Crippen LogP contribution in [0.3, 0.4) is 0 Å². The molecule has 0 bridgehead atoms. The van der Waals surface area contributed by atoms with E-state index in [-0.39, 0.29) is 5.78 Å². The summed E-state index contributed by atoms with van der Waals surface area (Å²) in [6.45, 7) is 1.90. The molecule has 0 atom stereocenters. The first kappa shape index (κ1) is 15.5. The summed E-state index contributed by atoms with van der Waals surface area (Å²) < 4.78 is 31.1. The van der Waals surface area contributed by atoms with Crippen LogP contribution in [-0.2, 0) is 0 Å². The van der Waals surface area contributed by atoms with Gasteiger partial charge < -0.3 is 4.74 Å². The first-order valence-corrected chi connectivity index (χ1v) is 7.36. The van der Waals surface area contributed by atoms with Crippen molar-refractivity contribution in [3.8, 4) is 5.75 Å². The van der Waals surface area contributed by atoms with E-state index in [2.05, 4.69) is 0 Å². The minimum Gasteiger partial charge on any atom is -0.493 e. The van der Waals surface area contributed by atoms with Crippen LogP contribution < -0.4 is 4.74 Å². The minimum atomic E-state index is -0.917. The van der Waals surface area contributed by atoms with Crippen LogP contribution >= 0.6 is 11.8 Å². The molecule has 21 heavy (non-hydrogen) atoms. The molecule has 0 fully saturated rings. The predicted molar refractivity (Wildman–Crippen MR) is 79.0 cm³/mol. The normalized spacial score (nSPS) is 10.4. The average molecular weight is 308 g/mol. The van der Waals surface area contributed by atoms with E-state index in [4.69, 9.17) is 4.74 Å². The van der Waals surface area contributed by atoms with Crippen molar-refractivity contribution in [2.75, 3.05) is 12.4 Å². The molecule has 2 rings (SSSR count). The second kappa shape index (κ2) is 7.22. The molecule has 0 aromatic heterocycles. The molecule has 2 aromatic rings. The zero-order chi connectivity index (χ0) is 15.2. The molecular formula is C16H14F2O2S. The molecule has 0 aliphatic heterocycles. The van der Waals surface area contributed by atoms with Gasteiger partial charge in [0.1, 0.15) is 5.75 Å². The van der Waals surface area contributed by atoms with Crippen molar-refractivity contribution < 1.29 is 18.3 Å². The number of thioether (sulfide) groups is 1. The van der Waals surface area contributed by atoms with Crippen molar-refractivity contribution >= 4 is 17.5 Å². The third-order valence-corrected chi connectivity index (χ3v) is 3.75. The fourth-order valence-electron chi connectivity index (χ4n) is 1.67. The molecule has 0 unspecified atom stereocenters. The van der Waals surface area contributed by atoms with Gasteiger partial charge in [-0.2, -0.15) is 0 Å². The molecule has 5 heteroatoms. The van der Waals surface area contributed by atoms with Crippen LogP contribution in [-0.4, -0.2) is 18.1 Å². The van der Waals surface area contributed by atoms with Crippen molar-refractivity contribution in [1.82, 2.24) is 0 Å². The van der Waals surface area contributed by atoms with E-state index in [0.29, 0.717) is 23.7 Å². The highest BCUT2D eigenvalue weighted by molar-refractivity contribution is 7.99. The standard InChI is InChI=1S/C16H14F2O2S/c1-11(19)12-2-5-14(6-3-12)21-9-8-20-13-4-7-15(17)16(18)10-13/h2-7,10H,8-9H2,1H3. The molecule has 0 aliphatic carbocycles. The smallest absolute Gasteiger partial charge is 0.162 e. The third kappa shape index (κ3) is 4.56. The van der Waals surface area contributed by atoms with E-state index >= 15 is 0 Å². The highest BCUT2D eigenvalue weighted by atomic mass is 32.2. The number of ether oxygens (including phenoxy) is 1. The number of hydrogen-bond acceptors (Lipinski definition) is 3. The number of rotatable bonds is 6. The van der Waals surface area contributed by atoms with Gasteiger partial charge in [-0.1, -0.05) is 12.1 Å². The predicted octanol–water partition coefficient (Wildman–Crippen LogP) is 4.34. The second-order valence-corrected chi connectivity index (χ2v) is 5.52. The van der Waals surface area contributed by atoms with Gasteiger partial charge in [0, 0.05) is 22.3 Å². The number of Topliss-reactive ketones (excluding diaryl/α,β-unsaturated/α-hetero) is 1. The zero-order valence-electron chi connectivity index (χ0n) is 11.4. The molecule has 0 heterocycles. The van der Waals surface area contributed by atoms with E-state index in [1.165, 1.54) is 13.0 Å². The van der Waals surface area contributed by atoms with Crippen LogP contribution in [0.2, 0.25) is 0 Å². The summed E-state index contributed by atoms with van der Waals surface area (Å²) in [5.41, 5.74) is 0.678. The molecule has 2 aromatic carbocycles. The Balaban J connectivity index is 1.79.